The third kappa shape index (κ3) is 4.93. The van der Waals surface area contributed by atoms with E-state index >= 15 is 0 Å². The molecule has 1 fully saturated rings. The Kier molecular flexibility index (Phi) is 6.16. The Labute approximate surface area is 170 Å². The van der Waals surface area contributed by atoms with Gasteiger partial charge in [0.1, 0.15) is 5.75 Å². The molecule has 2 aromatic rings. The SMILES string of the molecule is COc1cccc(NC(=O)CN(C)C(=O)[C@@H]2CC(=O)N(c3ccc(C)cc3)C2)c1. The molecule has 0 aromatic heterocycles. The lowest BCUT2D eigenvalue weighted by atomic mass is 10.1. The van der Waals surface area contributed by atoms with Gasteiger partial charge in [-0.1, -0.05) is 23.8 Å². The molecule has 2 aromatic carbocycles. The minimum atomic E-state index is -0.460. The summed E-state index contributed by atoms with van der Waals surface area (Å²) in [4.78, 5) is 40.4. The van der Waals surface area contributed by atoms with E-state index in [1.807, 2.05) is 31.2 Å². The monoisotopic (exact) mass is 395 g/mol. The number of hydrogen-bond acceptors (Lipinski definition) is 4. The molecule has 7 nitrogen and oxygen atoms in total. The molecular formula is C22H25N3O4. The molecule has 7 heteroatoms. The third-order valence-corrected chi connectivity index (χ3v) is 4.93. The summed E-state index contributed by atoms with van der Waals surface area (Å²) in [6.07, 6.45) is 0.147. The van der Waals surface area contributed by atoms with E-state index < -0.39 is 5.92 Å². The van der Waals surface area contributed by atoms with Gasteiger partial charge >= 0.3 is 0 Å². The number of anilines is 2. The van der Waals surface area contributed by atoms with Gasteiger partial charge in [0, 0.05) is 37.5 Å². The molecule has 0 spiro atoms. The van der Waals surface area contributed by atoms with E-state index in [1.165, 1.54) is 4.90 Å². The summed E-state index contributed by atoms with van der Waals surface area (Å²) < 4.78 is 5.13. The predicted molar refractivity (Wildman–Crippen MR) is 111 cm³/mol. The molecule has 0 radical (unpaired) electrons. The molecular weight excluding hydrogens is 370 g/mol. The van der Waals surface area contributed by atoms with Crippen molar-refractivity contribution in [2.24, 2.45) is 5.92 Å². The van der Waals surface area contributed by atoms with Crippen LogP contribution in [0, 0.1) is 12.8 Å². The Morgan fingerprint density at radius 2 is 1.93 bits per heavy atom. The van der Waals surface area contributed by atoms with E-state index in [9.17, 15) is 14.4 Å². The molecule has 1 atom stereocenters. The first-order valence-electron chi connectivity index (χ1n) is 9.43. The van der Waals surface area contributed by atoms with Crippen molar-refractivity contribution in [3.63, 3.8) is 0 Å². The fourth-order valence-electron chi connectivity index (χ4n) is 3.35. The van der Waals surface area contributed by atoms with Crippen LogP contribution >= 0.6 is 0 Å². The quantitative estimate of drug-likeness (QED) is 0.815. The first-order chi connectivity index (χ1) is 13.9. The van der Waals surface area contributed by atoms with E-state index in [0.717, 1.165) is 11.3 Å². The molecule has 0 bridgehead atoms. The number of hydrogen-bond donors (Lipinski definition) is 1. The summed E-state index contributed by atoms with van der Waals surface area (Å²) in [5, 5.41) is 2.75. The second-order valence-corrected chi connectivity index (χ2v) is 7.22. The minimum absolute atomic E-state index is 0.0820. The molecule has 0 aliphatic carbocycles. The highest BCUT2D eigenvalue weighted by Gasteiger charge is 2.36. The standard InChI is InChI=1S/C22H25N3O4/c1-15-7-9-18(10-8-15)25-13-16(11-21(25)27)22(28)24(2)14-20(26)23-17-5-4-6-19(12-17)29-3/h4-10,12,16H,11,13-14H2,1-3H3,(H,23,26)/t16-/m1/s1. The maximum atomic E-state index is 12.8. The number of aryl methyl sites for hydroxylation is 1. The van der Waals surface area contributed by atoms with E-state index in [4.69, 9.17) is 4.74 Å². The first-order valence-corrected chi connectivity index (χ1v) is 9.43. The number of rotatable bonds is 6. The Morgan fingerprint density at radius 1 is 1.21 bits per heavy atom. The van der Waals surface area contributed by atoms with Gasteiger partial charge in [0.15, 0.2) is 0 Å². The average molecular weight is 395 g/mol. The molecule has 1 N–H and O–H groups in total. The number of carbonyl (C=O) groups is 3. The van der Waals surface area contributed by atoms with E-state index in [0.29, 0.717) is 18.0 Å². The summed E-state index contributed by atoms with van der Waals surface area (Å²) in [5.41, 5.74) is 2.49. The van der Waals surface area contributed by atoms with Crippen LogP contribution in [0.5, 0.6) is 5.75 Å². The summed E-state index contributed by atoms with van der Waals surface area (Å²) in [7, 11) is 3.13. The van der Waals surface area contributed by atoms with Crippen LogP contribution in [0.25, 0.3) is 0 Å². The van der Waals surface area contributed by atoms with Gasteiger partial charge in [0.25, 0.3) is 0 Å². The Balaban J connectivity index is 1.57. The number of ether oxygens (including phenoxy) is 1. The zero-order valence-corrected chi connectivity index (χ0v) is 16.8. The predicted octanol–water partition coefficient (Wildman–Crippen LogP) is 2.45. The second-order valence-electron chi connectivity index (χ2n) is 7.22. The molecule has 29 heavy (non-hydrogen) atoms. The van der Waals surface area contributed by atoms with Crippen molar-refractivity contribution in [1.29, 1.82) is 0 Å². The molecule has 1 saturated heterocycles. The van der Waals surface area contributed by atoms with Gasteiger partial charge < -0.3 is 19.9 Å². The Hall–Kier alpha value is -3.35. The van der Waals surface area contributed by atoms with Gasteiger partial charge in [-0.3, -0.25) is 14.4 Å². The average Bonchev–Trinajstić information content (AvgIpc) is 3.09. The van der Waals surface area contributed by atoms with Crippen LogP contribution in [-0.2, 0) is 14.4 Å². The molecule has 1 aliphatic rings. The highest BCUT2D eigenvalue weighted by molar-refractivity contribution is 6.01. The van der Waals surface area contributed by atoms with Crippen molar-refractivity contribution < 1.29 is 19.1 Å². The van der Waals surface area contributed by atoms with Crippen molar-refractivity contribution >= 4 is 29.1 Å². The lowest BCUT2D eigenvalue weighted by Crippen LogP contribution is -2.39. The molecule has 0 unspecified atom stereocenters. The minimum Gasteiger partial charge on any atom is -0.497 e. The van der Waals surface area contributed by atoms with Crippen LogP contribution in [0.1, 0.15) is 12.0 Å². The van der Waals surface area contributed by atoms with Crippen molar-refractivity contribution in [2.45, 2.75) is 13.3 Å². The van der Waals surface area contributed by atoms with Crippen LogP contribution in [0.2, 0.25) is 0 Å². The van der Waals surface area contributed by atoms with Gasteiger partial charge in [-0.25, -0.2) is 0 Å². The van der Waals surface area contributed by atoms with Gasteiger partial charge in [0.2, 0.25) is 17.7 Å². The van der Waals surface area contributed by atoms with Crippen molar-refractivity contribution in [3.05, 3.63) is 54.1 Å². The summed E-state index contributed by atoms with van der Waals surface area (Å²) in [6, 6.07) is 14.6. The highest BCUT2D eigenvalue weighted by atomic mass is 16.5. The van der Waals surface area contributed by atoms with Crippen LogP contribution in [0.3, 0.4) is 0 Å². The maximum Gasteiger partial charge on any atom is 0.243 e. The zero-order chi connectivity index (χ0) is 21.0. The molecule has 3 rings (SSSR count). The van der Waals surface area contributed by atoms with Crippen LogP contribution in [-0.4, -0.2) is 49.9 Å². The van der Waals surface area contributed by atoms with Crippen molar-refractivity contribution in [3.8, 4) is 5.75 Å². The number of amides is 3. The van der Waals surface area contributed by atoms with Crippen molar-refractivity contribution in [1.82, 2.24) is 4.90 Å². The summed E-state index contributed by atoms with van der Waals surface area (Å²) in [6.45, 7) is 2.21. The summed E-state index contributed by atoms with van der Waals surface area (Å²) >= 11 is 0. The lowest BCUT2D eigenvalue weighted by molar-refractivity contribution is -0.137. The number of methoxy groups -OCH3 is 1. The number of nitrogens with one attached hydrogen (secondary N) is 1. The van der Waals surface area contributed by atoms with Crippen molar-refractivity contribution in [2.75, 3.05) is 37.5 Å². The molecule has 0 saturated carbocycles. The third-order valence-electron chi connectivity index (χ3n) is 4.93. The molecule has 1 heterocycles. The Morgan fingerprint density at radius 3 is 2.62 bits per heavy atom. The molecule has 3 amide bonds. The normalized spacial score (nSPS) is 15.9. The number of nitrogens with zero attached hydrogens (tertiary/aromatic N) is 2. The fourth-order valence-corrected chi connectivity index (χ4v) is 3.35. The van der Waals surface area contributed by atoms with Gasteiger partial charge in [-0.2, -0.15) is 0 Å². The van der Waals surface area contributed by atoms with Gasteiger partial charge in [0.05, 0.1) is 19.6 Å². The number of likely N-dealkylation sites (N-methyl/N-ethyl adjacent to an activating group) is 1. The largest absolute Gasteiger partial charge is 0.497 e. The van der Waals surface area contributed by atoms with Crippen LogP contribution in [0.15, 0.2) is 48.5 Å². The maximum absolute atomic E-state index is 12.8. The smallest absolute Gasteiger partial charge is 0.243 e. The van der Waals surface area contributed by atoms with E-state index in [2.05, 4.69) is 5.32 Å². The summed E-state index contributed by atoms with van der Waals surface area (Å²) in [5.74, 6) is -0.435. The Bertz CT molecular complexity index is 911. The van der Waals surface area contributed by atoms with E-state index in [-0.39, 0.29) is 30.7 Å². The second kappa shape index (κ2) is 8.77. The first kappa shape index (κ1) is 20.4. The van der Waals surface area contributed by atoms with Crippen LogP contribution in [0.4, 0.5) is 11.4 Å². The number of benzene rings is 2. The molecule has 1 aliphatic heterocycles. The van der Waals surface area contributed by atoms with Gasteiger partial charge in [-0.05, 0) is 31.2 Å². The number of carbonyl (C=O) groups excluding carboxylic acids is 3. The highest BCUT2D eigenvalue weighted by Crippen LogP contribution is 2.26. The van der Waals surface area contributed by atoms with Gasteiger partial charge in [-0.15, -0.1) is 0 Å². The van der Waals surface area contributed by atoms with E-state index in [1.54, 1.807) is 43.3 Å². The zero-order valence-electron chi connectivity index (χ0n) is 16.8. The fraction of sp³-hybridized carbons (Fsp3) is 0.318. The molecule has 152 valence electrons. The lowest BCUT2D eigenvalue weighted by Gasteiger charge is -2.21. The van der Waals surface area contributed by atoms with Crippen LogP contribution < -0.4 is 15.0 Å². The topological polar surface area (TPSA) is 79.0 Å².